The normalized spacial score (nSPS) is 10.8. The zero-order valence-electron chi connectivity index (χ0n) is 15.5. The van der Waals surface area contributed by atoms with Crippen LogP contribution in [0.2, 0.25) is 0 Å². The van der Waals surface area contributed by atoms with Gasteiger partial charge in [0.2, 0.25) is 0 Å². The minimum atomic E-state index is -0.449. The topological polar surface area (TPSA) is 47.8 Å². The highest BCUT2D eigenvalue weighted by Crippen LogP contribution is 2.35. The van der Waals surface area contributed by atoms with Crippen molar-refractivity contribution >= 4 is 17.3 Å². The average Bonchev–Trinajstić information content (AvgIpc) is 3.10. The number of ketones is 1. The fourth-order valence-electron chi connectivity index (χ4n) is 3.46. The number of hydrogen-bond donors (Lipinski definition) is 0. The number of fused-ring (bicyclic) bond motifs is 1. The van der Waals surface area contributed by atoms with Gasteiger partial charge in [0.15, 0.2) is 5.78 Å². The smallest absolute Gasteiger partial charge is 0.355 e. The van der Waals surface area contributed by atoms with E-state index in [1.807, 2.05) is 66.7 Å². The first kappa shape index (κ1) is 17.7. The molecule has 0 bridgehead atoms. The lowest BCUT2D eigenvalue weighted by Crippen LogP contribution is -2.09. The van der Waals surface area contributed by atoms with Crippen LogP contribution in [0.15, 0.2) is 85.1 Å². The molecule has 0 radical (unpaired) electrons. The Hall–Kier alpha value is -3.66. The molecular formula is C24H19NO3. The van der Waals surface area contributed by atoms with Gasteiger partial charge in [-0.2, -0.15) is 0 Å². The first-order chi connectivity index (χ1) is 13.7. The number of carbonyl (C=O) groups excluding carboxylic acids is 2. The average molecular weight is 369 g/mol. The largest absolute Gasteiger partial charge is 0.461 e. The van der Waals surface area contributed by atoms with Gasteiger partial charge in [0.25, 0.3) is 0 Å². The van der Waals surface area contributed by atoms with Crippen LogP contribution in [0.5, 0.6) is 0 Å². The number of ether oxygens (including phenoxy) is 1. The summed E-state index contributed by atoms with van der Waals surface area (Å²) in [5.74, 6) is -0.576. The Kier molecular flexibility index (Phi) is 4.77. The van der Waals surface area contributed by atoms with Crippen LogP contribution in [0.3, 0.4) is 0 Å². The molecule has 4 nitrogen and oxygen atoms in total. The van der Waals surface area contributed by atoms with E-state index < -0.39 is 5.97 Å². The van der Waals surface area contributed by atoms with Crippen molar-refractivity contribution in [2.75, 3.05) is 6.61 Å². The summed E-state index contributed by atoms with van der Waals surface area (Å²) >= 11 is 0. The van der Waals surface area contributed by atoms with E-state index in [1.54, 1.807) is 29.7 Å². The van der Waals surface area contributed by atoms with Gasteiger partial charge >= 0.3 is 5.97 Å². The highest BCUT2D eigenvalue weighted by Gasteiger charge is 2.29. The van der Waals surface area contributed by atoms with Gasteiger partial charge in [-0.05, 0) is 24.6 Å². The molecule has 4 aromatic rings. The van der Waals surface area contributed by atoms with Crippen molar-refractivity contribution in [3.05, 3.63) is 102 Å². The molecule has 0 unspecified atom stereocenters. The minimum absolute atomic E-state index is 0.126. The molecule has 0 spiro atoms. The van der Waals surface area contributed by atoms with E-state index in [1.165, 1.54) is 0 Å². The molecule has 0 amide bonds. The number of hydrogen-bond acceptors (Lipinski definition) is 3. The van der Waals surface area contributed by atoms with E-state index in [2.05, 4.69) is 0 Å². The lowest BCUT2D eigenvalue weighted by atomic mass is 9.94. The molecule has 0 aliphatic rings. The first-order valence-electron chi connectivity index (χ1n) is 9.17. The Morgan fingerprint density at radius 3 is 2.18 bits per heavy atom. The second kappa shape index (κ2) is 7.53. The maximum Gasteiger partial charge on any atom is 0.355 e. The number of carbonyl (C=O) groups is 2. The lowest BCUT2D eigenvalue weighted by molar-refractivity contribution is 0.0519. The Labute approximate surface area is 163 Å². The van der Waals surface area contributed by atoms with Gasteiger partial charge in [0, 0.05) is 17.3 Å². The summed E-state index contributed by atoms with van der Waals surface area (Å²) in [6.07, 6.45) is 1.79. The summed E-state index contributed by atoms with van der Waals surface area (Å²) < 4.78 is 7.07. The molecule has 0 atom stereocenters. The van der Waals surface area contributed by atoms with Gasteiger partial charge in [0.1, 0.15) is 5.69 Å². The molecule has 0 saturated heterocycles. The van der Waals surface area contributed by atoms with Crippen LogP contribution in [-0.2, 0) is 4.74 Å². The van der Waals surface area contributed by atoms with Crippen LogP contribution in [0.4, 0.5) is 0 Å². The van der Waals surface area contributed by atoms with Crippen LogP contribution in [0, 0.1) is 0 Å². The number of aromatic nitrogens is 1. The van der Waals surface area contributed by atoms with Gasteiger partial charge < -0.3 is 9.14 Å². The summed E-state index contributed by atoms with van der Waals surface area (Å²) in [7, 11) is 0. The monoisotopic (exact) mass is 369 g/mol. The van der Waals surface area contributed by atoms with Crippen LogP contribution in [0.1, 0.15) is 33.3 Å². The van der Waals surface area contributed by atoms with Crippen molar-refractivity contribution in [3.8, 4) is 11.1 Å². The highest BCUT2D eigenvalue weighted by molar-refractivity contribution is 6.20. The predicted octanol–water partition coefficient (Wildman–Crippen LogP) is 5.01. The second-order valence-electron chi connectivity index (χ2n) is 6.34. The molecule has 0 N–H and O–H groups in total. The Balaban J connectivity index is 2.08. The van der Waals surface area contributed by atoms with Gasteiger partial charge in [-0.15, -0.1) is 0 Å². The standard InChI is InChI=1S/C24H19NO3/c1-2-28-24(27)22-20(17-11-5-3-6-12-17)21(19-15-9-10-16-25(19)22)23(26)18-13-7-4-8-14-18/h3-16H,2H2,1H3. The zero-order chi connectivity index (χ0) is 19.5. The predicted molar refractivity (Wildman–Crippen MR) is 109 cm³/mol. The van der Waals surface area contributed by atoms with Crippen molar-refractivity contribution in [1.29, 1.82) is 0 Å². The number of nitrogens with zero attached hydrogens (tertiary/aromatic N) is 1. The van der Waals surface area contributed by atoms with E-state index in [-0.39, 0.29) is 12.4 Å². The Morgan fingerprint density at radius 2 is 1.50 bits per heavy atom. The number of benzene rings is 2. The molecule has 2 aromatic heterocycles. The van der Waals surface area contributed by atoms with Gasteiger partial charge in [-0.25, -0.2) is 4.79 Å². The van der Waals surface area contributed by atoms with E-state index in [0.717, 1.165) is 5.56 Å². The number of pyridine rings is 1. The molecule has 138 valence electrons. The third-order valence-corrected chi connectivity index (χ3v) is 4.64. The van der Waals surface area contributed by atoms with E-state index in [4.69, 9.17) is 4.74 Å². The highest BCUT2D eigenvalue weighted by atomic mass is 16.5. The molecule has 4 rings (SSSR count). The maximum absolute atomic E-state index is 13.5. The summed E-state index contributed by atoms with van der Waals surface area (Å²) in [5, 5.41) is 0. The lowest BCUT2D eigenvalue weighted by Gasteiger charge is -2.08. The Bertz CT molecular complexity index is 1140. The minimum Gasteiger partial charge on any atom is -0.461 e. The van der Waals surface area contributed by atoms with Crippen molar-refractivity contribution in [3.63, 3.8) is 0 Å². The third-order valence-electron chi connectivity index (χ3n) is 4.64. The van der Waals surface area contributed by atoms with Crippen molar-refractivity contribution in [2.45, 2.75) is 6.92 Å². The molecule has 0 aliphatic carbocycles. The molecule has 0 aliphatic heterocycles. The van der Waals surface area contributed by atoms with Crippen molar-refractivity contribution in [2.24, 2.45) is 0 Å². The van der Waals surface area contributed by atoms with Crippen LogP contribution in [0.25, 0.3) is 16.6 Å². The van der Waals surface area contributed by atoms with E-state index in [0.29, 0.717) is 27.9 Å². The van der Waals surface area contributed by atoms with Gasteiger partial charge in [-0.3, -0.25) is 4.79 Å². The molecule has 0 saturated carbocycles. The fraction of sp³-hybridized carbons (Fsp3) is 0.0833. The van der Waals surface area contributed by atoms with E-state index in [9.17, 15) is 9.59 Å². The quantitative estimate of drug-likeness (QED) is 0.367. The van der Waals surface area contributed by atoms with Crippen LogP contribution < -0.4 is 0 Å². The third kappa shape index (κ3) is 2.99. The molecule has 28 heavy (non-hydrogen) atoms. The summed E-state index contributed by atoms with van der Waals surface area (Å²) in [6.45, 7) is 2.03. The van der Waals surface area contributed by atoms with Crippen molar-refractivity contribution < 1.29 is 14.3 Å². The van der Waals surface area contributed by atoms with E-state index >= 15 is 0 Å². The first-order valence-corrected chi connectivity index (χ1v) is 9.17. The van der Waals surface area contributed by atoms with Crippen molar-refractivity contribution in [1.82, 2.24) is 4.40 Å². The van der Waals surface area contributed by atoms with Crippen LogP contribution >= 0.6 is 0 Å². The molecule has 2 heterocycles. The zero-order valence-corrected chi connectivity index (χ0v) is 15.5. The molecular weight excluding hydrogens is 350 g/mol. The fourth-order valence-corrected chi connectivity index (χ4v) is 3.46. The second-order valence-corrected chi connectivity index (χ2v) is 6.34. The summed E-state index contributed by atoms with van der Waals surface area (Å²) in [5.41, 5.74) is 3.52. The summed E-state index contributed by atoms with van der Waals surface area (Å²) in [6, 6.07) is 24.2. The van der Waals surface area contributed by atoms with Gasteiger partial charge in [0.05, 0.1) is 17.7 Å². The summed E-state index contributed by atoms with van der Waals surface area (Å²) in [4.78, 5) is 26.4. The molecule has 2 aromatic carbocycles. The Morgan fingerprint density at radius 1 is 0.857 bits per heavy atom. The maximum atomic E-state index is 13.5. The number of esters is 1. The number of rotatable bonds is 5. The van der Waals surface area contributed by atoms with Gasteiger partial charge in [-0.1, -0.05) is 66.7 Å². The molecule has 4 heteroatoms. The van der Waals surface area contributed by atoms with Crippen LogP contribution in [-0.4, -0.2) is 22.8 Å². The molecule has 0 fully saturated rings. The SMILES string of the molecule is CCOC(=O)c1c(-c2ccccc2)c(C(=O)c2ccccc2)c2ccccn12.